The second-order valence-corrected chi connectivity index (χ2v) is 2.69. The van der Waals surface area contributed by atoms with Gasteiger partial charge in [0.2, 0.25) is 0 Å². The number of hydrogen-bond donors (Lipinski definition) is 1. The number of nitrogen functional groups attached to an aromatic ring is 1. The van der Waals surface area contributed by atoms with Crippen LogP contribution >= 0.6 is 0 Å². The maximum absolute atomic E-state index is 5.32. The molecule has 1 aromatic rings. The highest BCUT2D eigenvalue weighted by Gasteiger charge is 1.95. The maximum Gasteiger partial charge on any atom is 0.0344 e. The summed E-state index contributed by atoms with van der Waals surface area (Å²) in [6, 6.07) is 3.50. The zero-order valence-electron chi connectivity index (χ0n) is 6.66. The summed E-state index contributed by atoms with van der Waals surface area (Å²) in [5, 5.41) is 0. The highest BCUT2D eigenvalue weighted by Crippen LogP contribution is 2.15. The first-order valence-corrected chi connectivity index (χ1v) is 4.05. The normalized spacial score (nSPS) is 14.2. The van der Waals surface area contributed by atoms with Crippen LogP contribution in [0.3, 0.4) is 0 Å². The van der Waals surface area contributed by atoms with Gasteiger partial charge < -0.3 is 5.73 Å². The van der Waals surface area contributed by atoms with Crippen molar-refractivity contribution in [1.82, 2.24) is 4.98 Å². The van der Waals surface area contributed by atoms with Crippen molar-refractivity contribution in [2.24, 2.45) is 0 Å². The Morgan fingerprint density at radius 3 is 1.64 bits per heavy atom. The van der Waals surface area contributed by atoms with Crippen molar-refractivity contribution in [2.75, 3.05) is 5.73 Å². The Hall–Kier alpha value is -1.05. The van der Waals surface area contributed by atoms with E-state index in [-0.39, 0.29) is 0 Å². The second kappa shape index (κ2) is 4.72. The van der Waals surface area contributed by atoms with Gasteiger partial charge >= 0.3 is 0 Å². The zero-order valence-corrected chi connectivity index (χ0v) is 6.66. The average Bonchev–Trinajstić information content (AvgIpc) is 1.85. The Kier molecular flexibility index (Phi) is 3.45. The van der Waals surface area contributed by atoms with Gasteiger partial charge in [0, 0.05) is 18.1 Å². The molecule has 0 unspecified atom stereocenters. The van der Waals surface area contributed by atoms with Gasteiger partial charge in [-0.25, -0.2) is 0 Å². The fourth-order valence-corrected chi connectivity index (χ4v) is 0.613. The van der Waals surface area contributed by atoms with Crippen LogP contribution in [-0.2, 0) is 0 Å². The van der Waals surface area contributed by atoms with Gasteiger partial charge in [0.15, 0.2) is 0 Å². The van der Waals surface area contributed by atoms with Crippen LogP contribution in [-0.4, -0.2) is 4.98 Å². The molecule has 0 atom stereocenters. The molecular weight excluding hydrogens is 136 g/mol. The number of aromatic nitrogens is 1. The predicted molar refractivity (Wildman–Crippen MR) is 47.1 cm³/mol. The zero-order chi connectivity index (χ0) is 7.94. The standard InChI is InChI=1S/C5H6N2.C4H8/c6-5-1-3-7-4-2-5;1-2-4-3-1/h1-4H,(H2,6,7);1-4H2. The number of pyridine rings is 1. The molecule has 2 nitrogen and oxygen atoms in total. The maximum atomic E-state index is 5.32. The average molecular weight is 150 g/mol. The monoisotopic (exact) mass is 150 g/mol. The highest BCUT2D eigenvalue weighted by molar-refractivity contribution is 5.33. The molecule has 0 radical (unpaired) electrons. The van der Waals surface area contributed by atoms with Gasteiger partial charge in [0.1, 0.15) is 0 Å². The van der Waals surface area contributed by atoms with E-state index in [2.05, 4.69) is 4.98 Å². The lowest BCUT2D eigenvalue weighted by molar-refractivity contribution is 0.504. The smallest absolute Gasteiger partial charge is 0.0344 e. The summed E-state index contributed by atoms with van der Waals surface area (Å²) < 4.78 is 0. The first kappa shape index (κ1) is 8.05. The molecule has 2 heteroatoms. The SMILES string of the molecule is C1CCC1.Nc1ccncc1. The Bertz CT molecular complexity index is 176. The number of rotatable bonds is 0. The van der Waals surface area contributed by atoms with E-state index < -0.39 is 0 Å². The van der Waals surface area contributed by atoms with Crippen molar-refractivity contribution in [2.45, 2.75) is 25.7 Å². The van der Waals surface area contributed by atoms with Crippen molar-refractivity contribution >= 4 is 5.69 Å². The van der Waals surface area contributed by atoms with Crippen molar-refractivity contribution in [3.63, 3.8) is 0 Å². The fraction of sp³-hybridized carbons (Fsp3) is 0.444. The fourth-order valence-electron chi connectivity index (χ4n) is 0.613. The van der Waals surface area contributed by atoms with Crippen LogP contribution in [0, 0.1) is 0 Å². The lowest BCUT2D eigenvalue weighted by Crippen LogP contribution is -1.85. The quantitative estimate of drug-likeness (QED) is 0.616. The lowest BCUT2D eigenvalue weighted by Gasteiger charge is -2.05. The number of anilines is 1. The molecule has 2 N–H and O–H groups in total. The molecule has 0 saturated heterocycles. The summed E-state index contributed by atoms with van der Waals surface area (Å²) >= 11 is 0. The Labute approximate surface area is 67.5 Å². The molecule has 1 heterocycles. The van der Waals surface area contributed by atoms with Crippen molar-refractivity contribution in [3.8, 4) is 0 Å². The first-order chi connectivity index (χ1) is 5.39. The Morgan fingerprint density at radius 1 is 1.00 bits per heavy atom. The van der Waals surface area contributed by atoms with Crippen molar-refractivity contribution < 1.29 is 0 Å². The van der Waals surface area contributed by atoms with E-state index >= 15 is 0 Å². The van der Waals surface area contributed by atoms with Crippen LogP contribution in [0.15, 0.2) is 24.5 Å². The van der Waals surface area contributed by atoms with Crippen LogP contribution < -0.4 is 5.73 Å². The van der Waals surface area contributed by atoms with E-state index in [1.54, 1.807) is 24.5 Å². The largest absolute Gasteiger partial charge is 0.399 e. The third-order valence-electron chi connectivity index (χ3n) is 1.71. The van der Waals surface area contributed by atoms with Gasteiger partial charge in [-0.3, -0.25) is 4.98 Å². The molecule has 1 aliphatic carbocycles. The van der Waals surface area contributed by atoms with E-state index in [1.807, 2.05) is 0 Å². The van der Waals surface area contributed by atoms with E-state index in [9.17, 15) is 0 Å². The molecule has 0 aromatic carbocycles. The van der Waals surface area contributed by atoms with Crippen LogP contribution in [0.4, 0.5) is 5.69 Å². The molecule has 0 bridgehead atoms. The van der Waals surface area contributed by atoms with E-state index in [0.717, 1.165) is 5.69 Å². The van der Waals surface area contributed by atoms with E-state index in [0.29, 0.717) is 0 Å². The van der Waals surface area contributed by atoms with Gasteiger partial charge in [-0.2, -0.15) is 0 Å². The van der Waals surface area contributed by atoms with Gasteiger partial charge in [0.05, 0.1) is 0 Å². The number of nitrogens with zero attached hydrogens (tertiary/aromatic N) is 1. The number of nitrogens with two attached hydrogens (primary N) is 1. The third kappa shape index (κ3) is 3.61. The van der Waals surface area contributed by atoms with Crippen LogP contribution in [0.2, 0.25) is 0 Å². The van der Waals surface area contributed by atoms with Crippen molar-refractivity contribution in [3.05, 3.63) is 24.5 Å². The molecule has 1 aliphatic rings. The Balaban J connectivity index is 0.000000128. The Morgan fingerprint density at radius 2 is 1.45 bits per heavy atom. The summed E-state index contributed by atoms with van der Waals surface area (Å²) in [6.07, 6.45) is 9.32. The summed E-state index contributed by atoms with van der Waals surface area (Å²) in [5.41, 5.74) is 6.08. The topological polar surface area (TPSA) is 38.9 Å². The van der Waals surface area contributed by atoms with Gasteiger partial charge in [-0.05, 0) is 12.1 Å². The minimum Gasteiger partial charge on any atom is -0.399 e. The minimum atomic E-state index is 0.759. The van der Waals surface area contributed by atoms with Gasteiger partial charge in [-0.15, -0.1) is 0 Å². The van der Waals surface area contributed by atoms with Crippen LogP contribution in [0.1, 0.15) is 25.7 Å². The van der Waals surface area contributed by atoms with Crippen molar-refractivity contribution in [1.29, 1.82) is 0 Å². The molecule has 0 amide bonds. The molecule has 60 valence electrons. The predicted octanol–water partition coefficient (Wildman–Crippen LogP) is 2.22. The molecule has 2 rings (SSSR count). The molecule has 0 aliphatic heterocycles. The van der Waals surface area contributed by atoms with Crippen LogP contribution in [0.5, 0.6) is 0 Å². The first-order valence-electron chi connectivity index (χ1n) is 4.05. The van der Waals surface area contributed by atoms with E-state index in [4.69, 9.17) is 5.73 Å². The summed E-state index contributed by atoms with van der Waals surface area (Å²) in [5.74, 6) is 0. The summed E-state index contributed by atoms with van der Waals surface area (Å²) in [6.45, 7) is 0. The highest BCUT2D eigenvalue weighted by atomic mass is 14.6. The minimum absolute atomic E-state index is 0.759. The van der Waals surface area contributed by atoms with Gasteiger partial charge in [-0.1, -0.05) is 25.7 Å². The molecule has 1 fully saturated rings. The molecule has 11 heavy (non-hydrogen) atoms. The lowest BCUT2D eigenvalue weighted by atomic mass is 10.0. The second-order valence-electron chi connectivity index (χ2n) is 2.69. The molecule has 0 spiro atoms. The molecule has 1 saturated carbocycles. The molecule has 1 aromatic heterocycles. The van der Waals surface area contributed by atoms with Gasteiger partial charge in [0.25, 0.3) is 0 Å². The molecular formula is C9H14N2. The summed E-state index contributed by atoms with van der Waals surface area (Å²) in [7, 11) is 0. The van der Waals surface area contributed by atoms with E-state index in [1.165, 1.54) is 25.7 Å². The summed E-state index contributed by atoms with van der Waals surface area (Å²) in [4.78, 5) is 3.77. The number of hydrogen-bond acceptors (Lipinski definition) is 2. The van der Waals surface area contributed by atoms with Crippen LogP contribution in [0.25, 0.3) is 0 Å². The third-order valence-corrected chi connectivity index (χ3v) is 1.71.